The first kappa shape index (κ1) is 13.7. The van der Waals surface area contributed by atoms with Crippen LogP contribution in [0.15, 0.2) is 0 Å². The molecular formula is C12H25N3S. The highest BCUT2D eigenvalue weighted by atomic mass is 32.1. The van der Waals surface area contributed by atoms with Crippen molar-refractivity contribution in [3.05, 3.63) is 0 Å². The van der Waals surface area contributed by atoms with E-state index in [0.29, 0.717) is 6.04 Å². The number of hydrogen-bond acceptors (Lipinski definition) is 2. The number of nitrogens with zero attached hydrogens (tertiary/aromatic N) is 2. The molecule has 0 aromatic carbocycles. The highest BCUT2D eigenvalue weighted by Gasteiger charge is 2.15. The lowest BCUT2D eigenvalue weighted by atomic mass is 9.96. The van der Waals surface area contributed by atoms with Crippen molar-refractivity contribution < 1.29 is 0 Å². The van der Waals surface area contributed by atoms with Crippen molar-refractivity contribution in [1.82, 2.24) is 15.1 Å². The number of hydrogen-bond donors (Lipinski definition) is 1. The van der Waals surface area contributed by atoms with E-state index in [2.05, 4.69) is 36.3 Å². The molecule has 1 N–H and O–H groups in total. The molecule has 1 fully saturated rings. The third kappa shape index (κ3) is 5.12. The largest absolute Gasteiger partial charge is 0.360 e. The summed E-state index contributed by atoms with van der Waals surface area (Å²) in [6, 6.07) is 0.614. The van der Waals surface area contributed by atoms with Gasteiger partial charge >= 0.3 is 0 Å². The van der Waals surface area contributed by atoms with Gasteiger partial charge in [0, 0.05) is 26.2 Å². The lowest BCUT2D eigenvalue weighted by Gasteiger charge is -2.29. The molecular weight excluding hydrogens is 218 g/mol. The summed E-state index contributed by atoms with van der Waals surface area (Å²) in [6.07, 6.45) is 6.65. The van der Waals surface area contributed by atoms with Gasteiger partial charge in [-0.3, -0.25) is 0 Å². The molecule has 0 heterocycles. The molecule has 0 radical (unpaired) electrons. The van der Waals surface area contributed by atoms with Crippen LogP contribution in [0.5, 0.6) is 0 Å². The summed E-state index contributed by atoms with van der Waals surface area (Å²) in [6.45, 7) is 2.04. The first-order valence-corrected chi connectivity index (χ1v) is 6.67. The number of nitrogens with one attached hydrogen (secondary N) is 1. The van der Waals surface area contributed by atoms with Gasteiger partial charge in [0.15, 0.2) is 5.11 Å². The monoisotopic (exact) mass is 243 g/mol. The molecule has 1 rings (SSSR count). The van der Waals surface area contributed by atoms with E-state index >= 15 is 0 Å². The Labute approximate surface area is 105 Å². The van der Waals surface area contributed by atoms with Gasteiger partial charge in [-0.15, -0.1) is 0 Å². The summed E-state index contributed by atoms with van der Waals surface area (Å²) < 4.78 is 0. The quantitative estimate of drug-likeness (QED) is 0.757. The maximum atomic E-state index is 5.41. The Morgan fingerprint density at radius 2 is 1.75 bits per heavy atom. The van der Waals surface area contributed by atoms with Crippen molar-refractivity contribution in [2.24, 2.45) is 0 Å². The average molecular weight is 243 g/mol. The second-order valence-corrected chi connectivity index (χ2v) is 5.40. The molecule has 1 aliphatic carbocycles. The van der Waals surface area contributed by atoms with Crippen LogP contribution in [0.3, 0.4) is 0 Å². The fraction of sp³-hybridized carbons (Fsp3) is 0.917. The summed E-state index contributed by atoms with van der Waals surface area (Å²) in [4.78, 5) is 4.32. The molecule has 3 nitrogen and oxygen atoms in total. The van der Waals surface area contributed by atoms with Gasteiger partial charge in [-0.25, -0.2) is 0 Å². The van der Waals surface area contributed by atoms with E-state index in [9.17, 15) is 0 Å². The van der Waals surface area contributed by atoms with E-state index in [0.717, 1.165) is 18.2 Å². The minimum atomic E-state index is 0.614. The van der Waals surface area contributed by atoms with Crippen LogP contribution in [0.25, 0.3) is 0 Å². The molecule has 4 heteroatoms. The van der Waals surface area contributed by atoms with Crippen LogP contribution >= 0.6 is 12.2 Å². The topological polar surface area (TPSA) is 18.5 Å². The molecule has 0 aliphatic heterocycles. The van der Waals surface area contributed by atoms with E-state index in [4.69, 9.17) is 12.2 Å². The normalized spacial score (nSPS) is 17.5. The fourth-order valence-corrected chi connectivity index (χ4v) is 2.24. The standard InChI is InChI=1S/C12H25N3S/c1-14(2)9-10-15(3)12(16)13-11-7-5-4-6-8-11/h11H,4-10H2,1-3H3,(H,13,16). The summed E-state index contributed by atoms with van der Waals surface area (Å²) in [7, 11) is 6.25. The van der Waals surface area contributed by atoms with Crippen LogP contribution in [-0.4, -0.2) is 55.2 Å². The lowest BCUT2D eigenvalue weighted by Crippen LogP contribution is -2.45. The molecule has 16 heavy (non-hydrogen) atoms. The maximum Gasteiger partial charge on any atom is 0.168 e. The summed E-state index contributed by atoms with van der Waals surface area (Å²) in [5.74, 6) is 0. The zero-order chi connectivity index (χ0) is 12.0. The fourth-order valence-electron chi connectivity index (χ4n) is 1.98. The molecule has 1 saturated carbocycles. The Morgan fingerprint density at radius 1 is 1.12 bits per heavy atom. The van der Waals surface area contributed by atoms with Crippen molar-refractivity contribution in [1.29, 1.82) is 0 Å². The van der Waals surface area contributed by atoms with Gasteiger partial charge < -0.3 is 15.1 Å². The molecule has 94 valence electrons. The maximum absolute atomic E-state index is 5.41. The summed E-state index contributed by atoms with van der Waals surface area (Å²) in [5.41, 5.74) is 0. The van der Waals surface area contributed by atoms with Crippen molar-refractivity contribution in [3.63, 3.8) is 0 Å². The molecule has 1 aliphatic rings. The molecule has 0 saturated heterocycles. The zero-order valence-electron chi connectivity index (χ0n) is 10.8. The van der Waals surface area contributed by atoms with Gasteiger partial charge in [0.05, 0.1) is 0 Å². The molecule has 0 atom stereocenters. The Hall–Kier alpha value is -0.350. The second-order valence-electron chi connectivity index (χ2n) is 5.01. The number of likely N-dealkylation sites (N-methyl/N-ethyl adjacent to an activating group) is 2. The Morgan fingerprint density at radius 3 is 2.31 bits per heavy atom. The van der Waals surface area contributed by atoms with Gasteiger partial charge in [0.25, 0.3) is 0 Å². The number of rotatable bonds is 4. The Kier molecular flexibility index (Phi) is 6.06. The van der Waals surface area contributed by atoms with E-state index in [1.165, 1.54) is 32.1 Å². The first-order valence-electron chi connectivity index (χ1n) is 6.26. The van der Waals surface area contributed by atoms with Crippen LogP contribution < -0.4 is 5.32 Å². The van der Waals surface area contributed by atoms with Gasteiger partial charge in [-0.05, 0) is 39.2 Å². The van der Waals surface area contributed by atoms with Gasteiger partial charge in [0.1, 0.15) is 0 Å². The van der Waals surface area contributed by atoms with E-state index in [-0.39, 0.29) is 0 Å². The molecule has 0 bridgehead atoms. The highest BCUT2D eigenvalue weighted by Crippen LogP contribution is 2.17. The average Bonchev–Trinajstić information content (AvgIpc) is 2.27. The Bertz CT molecular complexity index is 212. The van der Waals surface area contributed by atoms with Crippen molar-refractivity contribution in [2.45, 2.75) is 38.1 Å². The van der Waals surface area contributed by atoms with E-state index < -0.39 is 0 Å². The lowest BCUT2D eigenvalue weighted by molar-refractivity contribution is 0.345. The van der Waals surface area contributed by atoms with Crippen molar-refractivity contribution in [3.8, 4) is 0 Å². The second kappa shape index (κ2) is 7.07. The predicted octanol–water partition coefficient (Wildman–Crippen LogP) is 1.69. The third-order valence-corrected chi connectivity index (χ3v) is 3.59. The van der Waals surface area contributed by atoms with Crippen LogP contribution in [0.2, 0.25) is 0 Å². The molecule has 0 spiro atoms. The van der Waals surface area contributed by atoms with Gasteiger partial charge in [-0.1, -0.05) is 19.3 Å². The first-order chi connectivity index (χ1) is 7.59. The molecule has 0 unspecified atom stereocenters. The van der Waals surface area contributed by atoms with Crippen LogP contribution in [0.4, 0.5) is 0 Å². The zero-order valence-corrected chi connectivity index (χ0v) is 11.6. The van der Waals surface area contributed by atoms with Crippen molar-refractivity contribution in [2.75, 3.05) is 34.2 Å². The smallest absolute Gasteiger partial charge is 0.168 e. The Balaban J connectivity index is 2.22. The van der Waals surface area contributed by atoms with Crippen molar-refractivity contribution >= 4 is 17.3 Å². The van der Waals surface area contributed by atoms with Crippen LogP contribution in [-0.2, 0) is 0 Å². The van der Waals surface area contributed by atoms with Gasteiger partial charge in [0.2, 0.25) is 0 Å². The SMILES string of the molecule is CN(C)CCN(C)C(=S)NC1CCCCC1. The van der Waals surface area contributed by atoms with Gasteiger partial charge in [-0.2, -0.15) is 0 Å². The molecule has 0 amide bonds. The summed E-state index contributed by atoms with van der Waals surface area (Å²) >= 11 is 5.41. The summed E-state index contributed by atoms with van der Waals surface area (Å²) in [5, 5.41) is 4.39. The minimum absolute atomic E-state index is 0.614. The molecule has 0 aromatic rings. The van der Waals surface area contributed by atoms with Crippen LogP contribution in [0, 0.1) is 0 Å². The van der Waals surface area contributed by atoms with Crippen LogP contribution in [0.1, 0.15) is 32.1 Å². The third-order valence-electron chi connectivity index (χ3n) is 3.16. The molecule has 0 aromatic heterocycles. The van der Waals surface area contributed by atoms with E-state index in [1.807, 2.05) is 0 Å². The minimum Gasteiger partial charge on any atom is -0.360 e. The number of thiocarbonyl (C=S) groups is 1. The highest BCUT2D eigenvalue weighted by molar-refractivity contribution is 7.80. The predicted molar refractivity (Wildman–Crippen MR) is 73.8 cm³/mol. The van der Waals surface area contributed by atoms with E-state index in [1.54, 1.807) is 0 Å².